The Morgan fingerprint density at radius 3 is 2.65 bits per heavy atom. The standard InChI is InChI=1S/C27H34F3N5O2/c1-26(28,29)22-17-37-33-24(22)18-8-13-35(14-9-18)15-12-27(30)10-6-19(7-11-27)31-25(36)20-4-3-5-23-21(20)16-34(2)32-23/h3-5,16-19H,6-15H2,1-2H3,(H,31,36). The smallest absolute Gasteiger partial charge is 0.275 e. The minimum Gasteiger partial charge on any atom is -0.364 e. The number of halogens is 3. The lowest BCUT2D eigenvalue weighted by molar-refractivity contribution is 0.0152. The molecule has 2 aliphatic rings. The summed E-state index contributed by atoms with van der Waals surface area (Å²) in [6, 6.07) is 5.45. The number of carbonyl (C=O) groups is 1. The predicted octanol–water partition coefficient (Wildman–Crippen LogP) is 5.32. The van der Waals surface area contributed by atoms with Gasteiger partial charge in [-0.3, -0.25) is 9.48 Å². The highest BCUT2D eigenvalue weighted by atomic mass is 19.3. The fraction of sp³-hybridized carbons (Fsp3) is 0.593. The molecule has 1 saturated carbocycles. The van der Waals surface area contributed by atoms with Crippen LogP contribution in [0.25, 0.3) is 10.9 Å². The molecule has 37 heavy (non-hydrogen) atoms. The quantitative estimate of drug-likeness (QED) is 0.459. The zero-order valence-electron chi connectivity index (χ0n) is 21.4. The van der Waals surface area contributed by atoms with E-state index in [0.717, 1.165) is 37.2 Å². The van der Waals surface area contributed by atoms with E-state index in [2.05, 4.69) is 20.5 Å². The highest BCUT2D eigenvalue weighted by Gasteiger charge is 2.38. The Labute approximate surface area is 214 Å². The number of hydrogen-bond acceptors (Lipinski definition) is 5. The van der Waals surface area contributed by atoms with Crippen LogP contribution in [0.5, 0.6) is 0 Å². The van der Waals surface area contributed by atoms with Gasteiger partial charge >= 0.3 is 0 Å². The van der Waals surface area contributed by atoms with Gasteiger partial charge in [0.1, 0.15) is 11.9 Å². The third kappa shape index (κ3) is 5.68. The van der Waals surface area contributed by atoms with Gasteiger partial charge in [0.05, 0.1) is 22.3 Å². The zero-order valence-corrected chi connectivity index (χ0v) is 21.4. The van der Waals surface area contributed by atoms with Crippen LogP contribution >= 0.6 is 0 Å². The SMILES string of the molecule is Cn1cc2c(C(=O)NC3CCC(F)(CCN4CCC(c5nocc5C(C)(F)F)CC4)CC3)cccc2n1. The molecule has 1 aliphatic heterocycles. The number of carbonyl (C=O) groups excluding carboxylic acids is 1. The van der Waals surface area contributed by atoms with Gasteiger partial charge in [-0.15, -0.1) is 0 Å². The van der Waals surface area contributed by atoms with E-state index in [4.69, 9.17) is 4.52 Å². The van der Waals surface area contributed by atoms with E-state index in [1.807, 2.05) is 25.4 Å². The third-order valence-electron chi connectivity index (χ3n) is 8.05. The van der Waals surface area contributed by atoms with Crippen LogP contribution in [0.4, 0.5) is 13.2 Å². The highest BCUT2D eigenvalue weighted by molar-refractivity contribution is 6.06. The fourth-order valence-electron chi connectivity index (χ4n) is 5.81. The molecule has 7 nitrogen and oxygen atoms in total. The first kappa shape index (κ1) is 25.8. The summed E-state index contributed by atoms with van der Waals surface area (Å²) in [5.74, 6) is -3.18. The molecule has 0 spiro atoms. The minimum absolute atomic E-state index is 0.0487. The lowest BCUT2D eigenvalue weighted by atomic mass is 9.81. The van der Waals surface area contributed by atoms with Crippen molar-refractivity contribution in [2.24, 2.45) is 7.05 Å². The second-order valence-electron chi connectivity index (χ2n) is 10.8. The zero-order chi connectivity index (χ0) is 26.2. The normalized spacial score (nSPS) is 24.0. The fourth-order valence-corrected chi connectivity index (χ4v) is 5.81. The van der Waals surface area contributed by atoms with Crippen molar-refractivity contribution < 1.29 is 22.5 Å². The van der Waals surface area contributed by atoms with Gasteiger partial charge in [0.15, 0.2) is 0 Å². The number of amides is 1. The van der Waals surface area contributed by atoms with Crippen molar-refractivity contribution in [2.45, 2.75) is 75.4 Å². The number of nitrogens with zero attached hydrogens (tertiary/aromatic N) is 4. The molecule has 3 heterocycles. The molecular weight excluding hydrogens is 483 g/mol. The van der Waals surface area contributed by atoms with Gasteiger partial charge in [-0.1, -0.05) is 11.2 Å². The molecule has 1 aromatic carbocycles. The molecule has 1 amide bonds. The maximum absolute atomic E-state index is 15.6. The summed E-state index contributed by atoms with van der Waals surface area (Å²) in [7, 11) is 1.83. The second-order valence-corrected chi connectivity index (χ2v) is 10.8. The van der Waals surface area contributed by atoms with Crippen molar-refractivity contribution in [2.75, 3.05) is 19.6 Å². The average Bonchev–Trinajstić information content (AvgIpc) is 3.51. The van der Waals surface area contributed by atoms with Crippen LogP contribution in [0.15, 0.2) is 35.2 Å². The van der Waals surface area contributed by atoms with Crippen molar-refractivity contribution in [1.82, 2.24) is 25.2 Å². The van der Waals surface area contributed by atoms with Crippen LogP contribution in [0.3, 0.4) is 0 Å². The minimum atomic E-state index is -2.97. The Morgan fingerprint density at radius 1 is 1.22 bits per heavy atom. The molecule has 0 atom stereocenters. The molecule has 10 heteroatoms. The van der Waals surface area contributed by atoms with E-state index in [9.17, 15) is 13.6 Å². The van der Waals surface area contributed by atoms with Crippen LogP contribution in [0.1, 0.15) is 79.4 Å². The van der Waals surface area contributed by atoms with Crippen molar-refractivity contribution in [1.29, 1.82) is 0 Å². The van der Waals surface area contributed by atoms with Gasteiger partial charge in [-0.05, 0) is 70.2 Å². The molecule has 3 aromatic rings. The summed E-state index contributed by atoms with van der Waals surface area (Å²) in [5, 5.41) is 12.1. The molecule has 1 saturated heterocycles. The molecule has 2 fully saturated rings. The van der Waals surface area contributed by atoms with Crippen LogP contribution in [0, 0.1) is 0 Å². The van der Waals surface area contributed by atoms with E-state index >= 15 is 4.39 Å². The second kappa shape index (κ2) is 10.1. The number of likely N-dealkylation sites (tertiary alicyclic amines) is 1. The Morgan fingerprint density at radius 2 is 1.95 bits per heavy atom. The van der Waals surface area contributed by atoms with E-state index < -0.39 is 11.6 Å². The van der Waals surface area contributed by atoms with E-state index in [0.29, 0.717) is 62.7 Å². The average molecular weight is 518 g/mol. The summed E-state index contributed by atoms with van der Waals surface area (Å²) < 4.78 is 49.8. The lowest BCUT2D eigenvalue weighted by Crippen LogP contribution is -2.43. The highest BCUT2D eigenvalue weighted by Crippen LogP contribution is 2.38. The number of alkyl halides is 3. The lowest BCUT2D eigenvalue weighted by Gasteiger charge is -2.37. The number of aromatic nitrogens is 3. The Balaban J connectivity index is 1.08. The topological polar surface area (TPSA) is 76.2 Å². The van der Waals surface area contributed by atoms with Gasteiger partial charge < -0.3 is 14.7 Å². The summed E-state index contributed by atoms with van der Waals surface area (Å²) in [5.41, 5.74) is 0.344. The third-order valence-corrected chi connectivity index (χ3v) is 8.05. The molecule has 5 rings (SSSR count). The number of piperidine rings is 1. The number of rotatable bonds is 7. The van der Waals surface area contributed by atoms with E-state index in [1.54, 1.807) is 10.7 Å². The number of fused-ring (bicyclic) bond motifs is 1. The summed E-state index contributed by atoms with van der Waals surface area (Å²) in [6.45, 7) is 2.95. The first-order valence-corrected chi connectivity index (χ1v) is 13.1. The van der Waals surface area contributed by atoms with Crippen molar-refractivity contribution >= 4 is 16.8 Å². The van der Waals surface area contributed by atoms with Gasteiger partial charge in [-0.25, -0.2) is 13.2 Å². The molecule has 200 valence electrons. The van der Waals surface area contributed by atoms with Crippen molar-refractivity contribution in [3.05, 3.63) is 47.5 Å². The van der Waals surface area contributed by atoms with E-state index in [1.165, 1.54) is 0 Å². The van der Waals surface area contributed by atoms with Gasteiger partial charge in [0.2, 0.25) is 0 Å². The number of benzene rings is 1. The first-order valence-electron chi connectivity index (χ1n) is 13.1. The number of aryl methyl sites for hydroxylation is 1. The van der Waals surface area contributed by atoms with Gasteiger partial charge in [-0.2, -0.15) is 5.10 Å². The molecular formula is C27H34F3N5O2. The van der Waals surface area contributed by atoms with Crippen LogP contribution in [0.2, 0.25) is 0 Å². The molecule has 1 N–H and O–H groups in total. The molecule has 1 aliphatic carbocycles. The number of hydrogen-bond donors (Lipinski definition) is 1. The summed E-state index contributed by atoms with van der Waals surface area (Å²) >= 11 is 0. The molecule has 2 aromatic heterocycles. The van der Waals surface area contributed by atoms with E-state index in [-0.39, 0.29) is 23.4 Å². The monoisotopic (exact) mass is 517 g/mol. The molecule has 0 radical (unpaired) electrons. The van der Waals surface area contributed by atoms with Gasteiger partial charge in [0.25, 0.3) is 11.8 Å². The van der Waals surface area contributed by atoms with Crippen LogP contribution in [-0.2, 0) is 13.0 Å². The maximum atomic E-state index is 15.6. The Bertz CT molecular complexity index is 1230. The largest absolute Gasteiger partial charge is 0.364 e. The molecule has 0 bridgehead atoms. The predicted molar refractivity (Wildman–Crippen MR) is 133 cm³/mol. The van der Waals surface area contributed by atoms with Crippen LogP contribution < -0.4 is 5.32 Å². The Hall–Kier alpha value is -2.88. The van der Waals surface area contributed by atoms with Crippen molar-refractivity contribution in [3.8, 4) is 0 Å². The Kier molecular flexibility index (Phi) is 7.04. The van der Waals surface area contributed by atoms with Crippen LogP contribution in [-0.4, -0.2) is 57.1 Å². The van der Waals surface area contributed by atoms with Gasteiger partial charge in [0, 0.05) is 44.1 Å². The summed E-state index contributed by atoms with van der Waals surface area (Å²) in [4.78, 5) is 15.1. The molecule has 0 unspecified atom stereocenters. The maximum Gasteiger partial charge on any atom is 0.275 e. The number of nitrogens with one attached hydrogen (secondary N) is 1. The summed E-state index contributed by atoms with van der Waals surface area (Å²) in [6.07, 6.45) is 6.77. The van der Waals surface area contributed by atoms with Crippen molar-refractivity contribution in [3.63, 3.8) is 0 Å². The first-order chi connectivity index (χ1) is 17.6.